The van der Waals surface area contributed by atoms with Gasteiger partial charge in [0.2, 0.25) is 11.8 Å². The molecule has 0 bridgehead atoms. The molecule has 1 fully saturated rings. The Morgan fingerprint density at radius 2 is 1.74 bits per heavy atom. The number of carbonyl (C=O) groups excluding carboxylic acids is 3. The number of rotatable bonds is 13. The number of amides is 2. The summed E-state index contributed by atoms with van der Waals surface area (Å²) in [7, 11) is 0. The van der Waals surface area contributed by atoms with Crippen molar-refractivity contribution in [1.29, 1.82) is 0 Å². The topological polar surface area (TPSA) is 223 Å². The smallest absolute Gasteiger partial charge is 0.319 e. The molecular weight excluding hydrogens is 805 g/mol. The molecule has 4 aliphatic heterocycles. The lowest BCUT2D eigenvalue weighted by Gasteiger charge is -2.35. The summed E-state index contributed by atoms with van der Waals surface area (Å²) >= 11 is 5.46. The number of phenolic OH excluding ortho intramolecular Hbond substituents is 1. The number of aromatic hydroxyl groups is 1. The van der Waals surface area contributed by atoms with E-state index in [1.54, 1.807) is 28.5 Å². The number of aromatic nitrogens is 2. The number of esters is 1. The number of carbonyl (C=O) groups is 3. The Balaban J connectivity index is 0.977. The van der Waals surface area contributed by atoms with E-state index in [1.165, 1.54) is 12.1 Å². The number of pyridine rings is 2. The van der Waals surface area contributed by atoms with Crippen molar-refractivity contribution in [1.82, 2.24) is 30.0 Å². The van der Waals surface area contributed by atoms with Gasteiger partial charge in [0.15, 0.2) is 16.6 Å². The largest absolute Gasteiger partial charge is 0.508 e. The maximum Gasteiger partial charge on any atom is 0.319 e. The van der Waals surface area contributed by atoms with E-state index in [9.17, 15) is 29.4 Å². The number of hydrogen-bond donors (Lipinski definition) is 6. The first-order chi connectivity index (χ1) is 29.5. The molecular formula is C43H50N8O9S. The highest BCUT2D eigenvalue weighted by Gasteiger charge is 2.47. The van der Waals surface area contributed by atoms with E-state index in [0.29, 0.717) is 111 Å². The molecule has 4 aromatic rings. The third-order valence-corrected chi connectivity index (χ3v) is 12.4. The van der Waals surface area contributed by atoms with Crippen molar-refractivity contribution in [3.05, 3.63) is 75.1 Å². The van der Waals surface area contributed by atoms with Gasteiger partial charge in [-0.3, -0.25) is 24.1 Å². The minimum absolute atomic E-state index is 0.119. The lowest BCUT2D eigenvalue weighted by atomic mass is 9.75. The zero-order chi connectivity index (χ0) is 42.8. The van der Waals surface area contributed by atoms with Crippen molar-refractivity contribution in [3.63, 3.8) is 0 Å². The quantitative estimate of drug-likeness (QED) is 0.0431. The van der Waals surface area contributed by atoms with E-state index in [4.69, 9.17) is 37.1 Å². The zero-order valence-corrected chi connectivity index (χ0v) is 34.8. The van der Waals surface area contributed by atoms with Gasteiger partial charge in [0.25, 0.3) is 5.56 Å². The van der Waals surface area contributed by atoms with E-state index in [0.717, 1.165) is 22.9 Å². The molecule has 7 N–H and O–H groups in total. The number of anilines is 1. The van der Waals surface area contributed by atoms with E-state index in [2.05, 4.69) is 20.9 Å². The summed E-state index contributed by atoms with van der Waals surface area (Å²) in [5, 5.41) is 30.1. The molecule has 0 aliphatic carbocycles. The van der Waals surface area contributed by atoms with Gasteiger partial charge in [-0.05, 0) is 92.0 Å². The van der Waals surface area contributed by atoms with Crippen LogP contribution in [-0.2, 0) is 44.2 Å². The maximum absolute atomic E-state index is 14.1. The second kappa shape index (κ2) is 17.6. The molecule has 6 heterocycles. The van der Waals surface area contributed by atoms with Crippen LogP contribution in [0.3, 0.4) is 0 Å². The number of ether oxygens (including phenoxy) is 3. The molecule has 61 heavy (non-hydrogen) atoms. The highest BCUT2D eigenvalue weighted by atomic mass is 32.1. The van der Waals surface area contributed by atoms with Crippen molar-refractivity contribution in [3.8, 4) is 28.6 Å². The number of fused-ring (bicyclic) bond motifs is 6. The number of nitrogens with zero attached hydrogens (tertiary/aromatic N) is 4. The Kier molecular flexibility index (Phi) is 12.1. The fourth-order valence-electron chi connectivity index (χ4n) is 8.63. The number of aliphatic hydroxyl groups is 1. The standard InChI is InChI=1S/C43H50N8O9S/c1-2-43(24-52)31-18-34-38-29(22-51(34)40(56)30(31)23-60-41(43)57)28(27-17-35-36(19-33(27)47-38)59-16-15-58-35)21-49-11-13-50(14-12-49)37(54)20-45-39(55)32(5-3-4-10-44)48-42(61)46-25-6-8-26(53)9-7-25/h6-9,17-19,32,52-53H,2-5,10-16,20-24,44H2,1H3,(H,45,55)(H2,46,48,61)/t32-,43?/m0/s1. The average molecular weight is 855 g/mol. The molecule has 0 radical (unpaired) electrons. The molecule has 1 saturated heterocycles. The maximum atomic E-state index is 14.1. The molecule has 17 nitrogen and oxygen atoms in total. The van der Waals surface area contributed by atoms with Crippen molar-refractivity contribution in [2.75, 3.05) is 64.4 Å². The number of cyclic esters (lactones) is 1. The first-order valence-electron chi connectivity index (χ1n) is 20.7. The molecule has 1 unspecified atom stereocenters. The SMILES string of the molecule is CCC1(CO)C(=O)OCc2c1cc1n(c2=O)Cc2c-1nc1cc3c(cc1c2CN1CCN(C(=O)CNC(=O)[C@H](CCCCN)NC(=S)Nc2ccc(O)cc2)CC1)OCCO3. The number of hydrogen-bond acceptors (Lipinski definition) is 13. The number of phenols is 1. The molecule has 2 atom stereocenters. The third-order valence-electron chi connectivity index (χ3n) is 12.2. The van der Waals surface area contributed by atoms with Crippen molar-refractivity contribution >= 4 is 51.7 Å². The van der Waals surface area contributed by atoms with Crippen molar-refractivity contribution in [2.45, 2.75) is 63.8 Å². The van der Waals surface area contributed by atoms with E-state index in [1.807, 2.05) is 18.2 Å². The summed E-state index contributed by atoms with van der Waals surface area (Å²) in [4.78, 5) is 63.2. The average Bonchev–Trinajstić information content (AvgIpc) is 3.64. The number of unbranched alkanes of at least 4 members (excludes halogenated alkanes) is 1. The van der Waals surface area contributed by atoms with Crippen molar-refractivity contribution < 1.29 is 38.8 Å². The molecule has 0 spiro atoms. The molecule has 2 aromatic heterocycles. The van der Waals surface area contributed by atoms with Crippen LogP contribution in [0.1, 0.15) is 54.9 Å². The van der Waals surface area contributed by atoms with E-state index in [-0.39, 0.29) is 54.4 Å². The minimum atomic E-state index is -1.35. The Labute approximate surface area is 357 Å². The fourth-order valence-corrected chi connectivity index (χ4v) is 8.89. The summed E-state index contributed by atoms with van der Waals surface area (Å²) in [6.07, 6.45) is 2.13. The molecule has 322 valence electrons. The van der Waals surface area contributed by atoms with Crippen LogP contribution < -0.4 is 36.7 Å². The molecule has 0 saturated carbocycles. The van der Waals surface area contributed by atoms with Crippen LogP contribution in [-0.4, -0.2) is 118 Å². The van der Waals surface area contributed by atoms with Gasteiger partial charge in [-0.25, -0.2) is 4.98 Å². The number of piperazine rings is 1. The van der Waals surface area contributed by atoms with Crippen LogP contribution in [0.15, 0.2) is 47.3 Å². The predicted molar refractivity (Wildman–Crippen MR) is 229 cm³/mol. The second-order valence-electron chi connectivity index (χ2n) is 15.8. The summed E-state index contributed by atoms with van der Waals surface area (Å²) in [6, 6.07) is 11.3. The van der Waals surface area contributed by atoms with Crippen LogP contribution in [0, 0.1) is 0 Å². The number of aliphatic hydroxyl groups excluding tert-OH is 1. The van der Waals surface area contributed by atoms with Gasteiger partial charge in [0.05, 0.1) is 42.2 Å². The molecule has 4 aliphatic rings. The summed E-state index contributed by atoms with van der Waals surface area (Å²) in [5.74, 6) is 0.199. The van der Waals surface area contributed by atoms with Crippen molar-refractivity contribution in [2.24, 2.45) is 5.73 Å². The Hall–Kier alpha value is -5.82. The first kappa shape index (κ1) is 41.9. The minimum Gasteiger partial charge on any atom is -0.508 e. The monoisotopic (exact) mass is 854 g/mol. The van der Waals surface area contributed by atoms with Gasteiger partial charge < -0.3 is 55.6 Å². The number of thiocarbonyl (C=S) groups is 1. The zero-order valence-electron chi connectivity index (χ0n) is 34.0. The Bertz CT molecular complexity index is 2430. The van der Waals surface area contributed by atoms with E-state index < -0.39 is 24.0 Å². The second-order valence-corrected chi connectivity index (χ2v) is 16.2. The predicted octanol–water partition coefficient (Wildman–Crippen LogP) is 1.84. The van der Waals surface area contributed by atoms with Crippen LogP contribution in [0.4, 0.5) is 5.69 Å². The summed E-state index contributed by atoms with van der Waals surface area (Å²) in [5.41, 5.74) is 9.24. The van der Waals surface area contributed by atoms with Gasteiger partial charge >= 0.3 is 5.97 Å². The third kappa shape index (κ3) is 8.19. The van der Waals surface area contributed by atoms with Crippen LogP contribution >= 0.6 is 12.2 Å². The van der Waals surface area contributed by atoms with E-state index >= 15 is 0 Å². The normalized spacial score (nSPS) is 18.4. The lowest BCUT2D eigenvalue weighted by Crippen LogP contribution is -2.53. The first-order valence-corrected chi connectivity index (χ1v) is 21.1. The molecule has 18 heteroatoms. The summed E-state index contributed by atoms with van der Waals surface area (Å²) < 4.78 is 19.0. The molecule has 2 amide bonds. The Morgan fingerprint density at radius 1 is 1.00 bits per heavy atom. The fraction of sp³-hybridized carbons (Fsp3) is 0.442. The highest BCUT2D eigenvalue weighted by Crippen LogP contribution is 2.43. The van der Waals surface area contributed by atoms with Crippen LogP contribution in [0.5, 0.6) is 17.2 Å². The number of nitrogens with one attached hydrogen (secondary N) is 3. The van der Waals surface area contributed by atoms with Gasteiger partial charge in [-0.1, -0.05) is 6.92 Å². The van der Waals surface area contributed by atoms with Gasteiger partial charge in [-0.2, -0.15) is 0 Å². The summed E-state index contributed by atoms with van der Waals surface area (Å²) in [6.45, 7) is 5.00. The van der Waals surface area contributed by atoms with Crippen LogP contribution in [0.2, 0.25) is 0 Å². The van der Waals surface area contributed by atoms with Crippen LogP contribution in [0.25, 0.3) is 22.3 Å². The van der Waals surface area contributed by atoms with Gasteiger partial charge in [-0.15, -0.1) is 0 Å². The molecule has 2 aromatic carbocycles. The Morgan fingerprint density at radius 3 is 2.44 bits per heavy atom. The lowest BCUT2D eigenvalue weighted by molar-refractivity contribution is -0.156. The highest BCUT2D eigenvalue weighted by molar-refractivity contribution is 7.80. The number of benzene rings is 2. The van der Waals surface area contributed by atoms with Gasteiger partial charge in [0, 0.05) is 55.4 Å². The molecule has 8 rings (SSSR count). The number of nitrogens with two attached hydrogens (primary N) is 1. The van der Waals surface area contributed by atoms with Gasteiger partial charge in [0.1, 0.15) is 37.0 Å².